The molecule has 2 saturated heterocycles. The molecule has 2 aliphatic rings. The number of hydrogen-bond acceptors (Lipinski definition) is 5. The molecule has 3 heterocycles. The molecule has 1 atom stereocenters. The second-order valence-corrected chi connectivity index (χ2v) is 6.10. The van der Waals surface area contributed by atoms with Crippen molar-refractivity contribution in [2.45, 2.75) is 45.8 Å². The number of likely N-dealkylation sites (tertiary alicyclic amines) is 1. The number of hydrogen-bond donors (Lipinski definition) is 0. The van der Waals surface area contributed by atoms with E-state index in [1.54, 1.807) is 4.80 Å². The van der Waals surface area contributed by atoms with Gasteiger partial charge in [0, 0.05) is 32.2 Å². The van der Waals surface area contributed by atoms with Crippen molar-refractivity contribution < 1.29 is 4.74 Å². The number of nitrogens with zero attached hydrogens (tertiary/aromatic N) is 5. The second-order valence-electron chi connectivity index (χ2n) is 6.10. The maximum absolute atomic E-state index is 5.44. The summed E-state index contributed by atoms with van der Waals surface area (Å²) in [6.07, 6.45) is 2.61. The molecule has 2 fully saturated rings. The highest BCUT2D eigenvalue weighted by Gasteiger charge is 2.28. The molecule has 6 heteroatoms. The van der Waals surface area contributed by atoms with Gasteiger partial charge >= 0.3 is 0 Å². The van der Waals surface area contributed by atoms with Gasteiger partial charge in [0.15, 0.2) is 0 Å². The molecule has 0 radical (unpaired) electrons. The fraction of sp³-hybridized carbons (Fsp3) is 0.867. The van der Waals surface area contributed by atoms with Crippen LogP contribution in [0.5, 0.6) is 0 Å². The van der Waals surface area contributed by atoms with Crippen molar-refractivity contribution in [3.8, 4) is 0 Å². The van der Waals surface area contributed by atoms with Crippen molar-refractivity contribution in [3.05, 3.63) is 11.4 Å². The van der Waals surface area contributed by atoms with Gasteiger partial charge in [0.25, 0.3) is 0 Å². The third-order valence-corrected chi connectivity index (χ3v) is 4.63. The van der Waals surface area contributed by atoms with Crippen LogP contribution in [0.25, 0.3) is 0 Å². The van der Waals surface area contributed by atoms with E-state index in [1.807, 2.05) is 0 Å². The Morgan fingerprint density at radius 2 is 2.00 bits per heavy atom. The van der Waals surface area contributed by atoms with Crippen molar-refractivity contribution in [1.29, 1.82) is 0 Å². The Morgan fingerprint density at radius 1 is 1.19 bits per heavy atom. The lowest BCUT2D eigenvalue weighted by Gasteiger charge is -2.32. The summed E-state index contributed by atoms with van der Waals surface area (Å²) in [5, 5.41) is 9.07. The second kappa shape index (κ2) is 6.85. The summed E-state index contributed by atoms with van der Waals surface area (Å²) in [4.78, 5) is 6.94. The van der Waals surface area contributed by atoms with Gasteiger partial charge in [-0.05, 0) is 33.2 Å². The number of aromatic nitrogens is 3. The molecule has 3 rings (SSSR count). The molecule has 21 heavy (non-hydrogen) atoms. The summed E-state index contributed by atoms with van der Waals surface area (Å²) < 4.78 is 5.44. The highest BCUT2D eigenvalue weighted by Crippen LogP contribution is 2.21. The zero-order valence-corrected chi connectivity index (χ0v) is 13.3. The van der Waals surface area contributed by atoms with E-state index in [0.717, 1.165) is 50.8 Å². The molecule has 118 valence electrons. The van der Waals surface area contributed by atoms with Crippen molar-refractivity contribution in [1.82, 2.24) is 24.8 Å². The predicted octanol–water partition coefficient (Wildman–Crippen LogP) is 0.903. The van der Waals surface area contributed by atoms with Gasteiger partial charge < -0.3 is 4.74 Å². The van der Waals surface area contributed by atoms with E-state index in [2.05, 4.69) is 33.8 Å². The van der Waals surface area contributed by atoms with Crippen LogP contribution < -0.4 is 0 Å². The lowest BCUT2D eigenvalue weighted by Crippen LogP contribution is -2.44. The fourth-order valence-electron chi connectivity index (χ4n) is 3.34. The molecule has 2 aliphatic heterocycles. The van der Waals surface area contributed by atoms with Crippen LogP contribution in [0.15, 0.2) is 0 Å². The van der Waals surface area contributed by atoms with Gasteiger partial charge in [0.1, 0.15) is 0 Å². The van der Waals surface area contributed by atoms with Gasteiger partial charge in [0.2, 0.25) is 0 Å². The van der Waals surface area contributed by atoms with Crippen LogP contribution in [-0.4, -0.2) is 70.2 Å². The maximum atomic E-state index is 5.44. The summed E-state index contributed by atoms with van der Waals surface area (Å²) >= 11 is 0. The Bertz CT molecular complexity index is 455. The summed E-state index contributed by atoms with van der Waals surface area (Å²) in [6.45, 7) is 12.2. The Balaban J connectivity index is 1.59. The van der Waals surface area contributed by atoms with Crippen LogP contribution in [0.2, 0.25) is 0 Å². The molecular weight excluding hydrogens is 266 g/mol. The Labute approximate surface area is 127 Å². The van der Waals surface area contributed by atoms with Gasteiger partial charge in [-0.2, -0.15) is 15.0 Å². The van der Waals surface area contributed by atoms with Gasteiger partial charge in [-0.3, -0.25) is 9.80 Å². The molecule has 0 spiro atoms. The van der Waals surface area contributed by atoms with E-state index in [0.29, 0.717) is 6.04 Å². The Hall–Kier alpha value is -0.980. The molecule has 1 aromatic heterocycles. The minimum Gasteiger partial charge on any atom is -0.379 e. The summed E-state index contributed by atoms with van der Waals surface area (Å²) in [6, 6.07) is 0.661. The molecular formula is C15H27N5O. The van der Waals surface area contributed by atoms with Crippen molar-refractivity contribution in [2.75, 3.05) is 39.4 Å². The van der Waals surface area contributed by atoms with Crippen LogP contribution in [-0.2, 0) is 17.8 Å². The van der Waals surface area contributed by atoms with E-state index in [9.17, 15) is 0 Å². The first-order chi connectivity index (χ1) is 10.3. The Kier molecular flexibility index (Phi) is 4.87. The summed E-state index contributed by atoms with van der Waals surface area (Å²) in [5.41, 5.74) is 2.22. The monoisotopic (exact) mass is 293 g/mol. The van der Waals surface area contributed by atoms with E-state index >= 15 is 0 Å². The normalized spacial score (nSPS) is 24.8. The topological polar surface area (TPSA) is 46.4 Å². The molecule has 0 N–H and O–H groups in total. The van der Waals surface area contributed by atoms with E-state index < -0.39 is 0 Å². The molecule has 1 aromatic rings. The zero-order valence-electron chi connectivity index (χ0n) is 13.3. The molecule has 0 amide bonds. The highest BCUT2D eigenvalue weighted by atomic mass is 16.5. The first-order valence-electron chi connectivity index (χ1n) is 8.21. The SMILES string of the molecule is CCn1nc(C)c(CN2CCCC2CN2CCOCC2)n1. The van der Waals surface area contributed by atoms with E-state index in [1.165, 1.54) is 25.9 Å². The van der Waals surface area contributed by atoms with Gasteiger partial charge in [-0.15, -0.1) is 0 Å². The maximum Gasteiger partial charge on any atom is 0.0996 e. The van der Waals surface area contributed by atoms with Crippen molar-refractivity contribution >= 4 is 0 Å². The third-order valence-electron chi connectivity index (χ3n) is 4.63. The first kappa shape index (κ1) is 14.9. The van der Waals surface area contributed by atoms with E-state index in [-0.39, 0.29) is 0 Å². The number of aryl methyl sites for hydroxylation is 2. The van der Waals surface area contributed by atoms with E-state index in [4.69, 9.17) is 4.74 Å². The van der Waals surface area contributed by atoms with Crippen LogP contribution >= 0.6 is 0 Å². The van der Waals surface area contributed by atoms with Crippen LogP contribution in [0.3, 0.4) is 0 Å². The minimum atomic E-state index is 0.661. The number of rotatable bonds is 5. The van der Waals surface area contributed by atoms with Crippen molar-refractivity contribution in [2.24, 2.45) is 0 Å². The third kappa shape index (κ3) is 3.62. The molecule has 0 bridgehead atoms. The molecule has 0 aliphatic carbocycles. The molecule has 1 unspecified atom stereocenters. The Morgan fingerprint density at radius 3 is 2.71 bits per heavy atom. The fourth-order valence-corrected chi connectivity index (χ4v) is 3.34. The lowest BCUT2D eigenvalue weighted by atomic mass is 10.2. The molecule has 6 nitrogen and oxygen atoms in total. The average Bonchev–Trinajstić information content (AvgIpc) is 3.08. The predicted molar refractivity (Wildman–Crippen MR) is 81.1 cm³/mol. The van der Waals surface area contributed by atoms with Gasteiger partial charge in [-0.1, -0.05) is 0 Å². The van der Waals surface area contributed by atoms with Crippen LogP contribution in [0, 0.1) is 6.92 Å². The lowest BCUT2D eigenvalue weighted by molar-refractivity contribution is 0.0261. The highest BCUT2D eigenvalue weighted by molar-refractivity contribution is 5.07. The number of morpholine rings is 1. The first-order valence-corrected chi connectivity index (χ1v) is 8.21. The summed E-state index contributed by atoms with van der Waals surface area (Å²) in [7, 11) is 0. The van der Waals surface area contributed by atoms with Crippen LogP contribution in [0.4, 0.5) is 0 Å². The molecule has 0 aromatic carbocycles. The smallest absolute Gasteiger partial charge is 0.0996 e. The minimum absolute atomic E-state index is 0.661. The quantitative estimate of drug-likeness (QED) is 0.807. The molecule has 0 saturated carbocycles. The summed E-state index contributed by atoms with van der Waals surface area (Å²) in [5.74, 6) is 0. The van der Waals surface area contributed by atoms with Gasteiger partial charge in [-0.25, -0.2) is 0 Å². The van der Waals surface area contributed by atoms with Crippen molar-refractivity contribution in [3.63, 3.8) is 0 Å². The number of ether oxygens (including phenoxy) is 1. The average molecular weight is 293 g/mol. The standard InChI is InChI=1S/C15H27N5O/c1-3-20-16-13(2)15(17-20)12-19-6-4-5-14(19)11-18-7-9-21-10-8-18/h14H,3-12H2,1-2H3. The largest absolute Gasteiger partial charge is 0.379 e. The zero-order chi connectivity index (χ0) is 14.7. The van der Waals surface area contributed by atoms with Crippen LogP contribution in [0.1, 0.15) is 31.2 Å². The van der Waals surface area contributed by atoms with Gasteiger partial charge in [0.05, 0.1) is 31.1 Å².